The summed E-state index contributed by atoms with van der Waals surface area (Å²) >= 11 is 0. The zero-order valence-corrected chi connectivity index (χ0v) is 26.1. The van der Waals surface area contributed by atoms with E-state index >= 15 is 0 Å². The molecule has 0 aromatic carbocycles. The van der Waals surface area contributed by atoms with E-state index in [0.717, 1.165) is 57.9 Å². The maximum atomic E-state index is 13.6. The molecule has 11 heteroatoms. The Morgan fingerprint density at radius 1 is 0.905 bits per heavy atom. The van der Waals surface area contributed by atoms with Gasteiger partial charge >= 0.3 is 5.97 Å². The first kappa shape index (κ1) is 31.6. The zero-order valence-electron chi connectivity index (χ0n) is 24.4. The van der Waals surface area contributed by atoms with Crippen LogP contribution < -0.4 is 10.6 Å². The van der Waals surface area contributed by atoms with Gasteiger partial charge in [-0.1, -0.05) is 40.9 Å². The number of nitrogens with zero attached hydrogens (tertiary/aromatic N) is 1. The van der Waals surface area contributed by atoms with Gasteiger partial charge in [-0.05, 0) is 77.2 Å². The predicted molar refractivity (Wildman–Crippen MR) is 163 cm³/mol. The third kappa shape index (κ3) is 8.20. The van der Waals surface area contributed by atoms with E-state index in [1.807, 2.05) is 0 Å². The first-order valence-electron chi connectivity index (χ1n) is 16.0. The summed E-state index contributed by atoms with van der Waals surface area (Å²) < 4.78 is 6.11. The molecule has 2 saturated carbocycles. The molecule has 2 saturated heterocycles. The molecular formula is C31H45N3O6S2. The van der Waals surface area contributed by atoms with Crippen molar-refractivity contribution in [2.45, 2.75) is 125 Å². The molecule has 0 aromatic heterocycles. The molecule has 5 rings (SSSR count). The van der Waals surface area contributed by atoms with E-state index in [9.17, 15) is 24.0 Å². The van der Waals surface area contributed by atoms with Gasteiger partial charge in [0.05, 0.1) is 12.0 Å². The van der Waals surface area contributed by atoms with Crippen LogP contribution >= 0.6 is 21.6 Å². The summed E-state index contributed by atoms with van der Waals surface area (Å²) in [4.78, 5) is 64.9. The molecule has 3 aliphatic heterocycles. The van der Waals surface area contributed by atoms with Crippen LogP contribution in [-0.4, -0.2) is 76.2 Å². The maximum Gasteiger partial charge on any atom is 0.310 e. The van der Waals surface area contributed by atoms with Crippen molar-refractivity contribution in [3.05, 3.63) is 12.2 Å². The van der Waals surface area contributed by atoms with Crippen molar-refractivity contribution in [1.29, 1.82) is 0 Å². The summed E-state index contributed by atoms with van der Waals surface area (Å²) in [5.41, 5.74) is 0. The largest absolute Gasteiger partial charge is 0.462 e. The van der Waals surface area contributed by atoms with E-state index in [0.29, 0.717) is 38.6 Å². The molecule has 2 N–H and O–H groups in total. The fourth-order valence-electron chi connectivity index (χ4n) is 7.04. The number of rotatable bonds is 11. The van der Waals surface area contributed by atoms with Crippen LogP contribution in [0.3, 0.4) is 0 Å². The van der Waals surface area contributed by atoms with E-state index in [4.69, 9.17) is 4.74 Å². The lowest BCUT2D eigenvalue weighted by molar-refractivity contribution is -0.155. The molecule has 2 aliphatic carbocycles. The number of hydrogen-bond acceptors (Lipinski definition) is 9. The SMILES string of the molecule is O=C(CCCCCN1C(=O)C=CC1=O)NC1CC(C(=O)[C@@H]2CCCN2)CC2SSC2C(C(=O)OC2CCCCCC2)C1. The van der Waals surface area contributed by atoms with Crippen molar-refractivity contribution in [3.8, 4) is 0 Å². The first-order chi connectivity index (χ1) is 20.4. The number of imide groups is 1. The molecular weight excluding hydrogens is 574 g/mol. The van der Waals surface area contributed by atoms with Crippen LogP contribution in [0, 0.1) is 11.8 Å². The minimum Gasteiger partial charge on any atom is -0.462 e. The molecule has 0 aromatic rings. The summed E-state index contributed by atoms with van der Waals surface area (Å²) in [6.07, 6.45) is 15.0. The topological polar surface area (TPSA) is 122 Å². The number of carbonyl (C=O) groups is 5. The standard InChI is InChI=1S/C31H45N3O6S2/c35-26(12-6-3-7-16-34-27(36)13-14-28(34)37)33-21-17-20(29(38)24-11-8-15-32-24)18-25-30(42-41-25)23(19-21)31(39)40-22-9-4-1-2-5-10-22/h13-14,20-25,30,32H,1-12,15-19H2,(H,33,35)/t20?,21?,23?,24-,25?,30?/m0/s1. The average molecular weight is 620 g/mol. The Morgan fingerprint density at radius 3 is 2.33 bits per heavy atom. The van der Waals surface area contributed by atoms with E-state index in [1.165, 1.54) is 29.9 Å². The summed E-state index contributed by atoms with van der Waals surface area (Å²) in [7, 11) is 3.52. The Bertz CT molecular complexity index is 1020. The summed E-state index contributed by atoms with van der Waals surface area (Å²) in [6.45, 7) is 1.22. The van der Waals surface area contributed by atoms with Crippen molar-refractivity contribution >= 4 is 51.1 Å². The molecule has 5 aliphatic rings. The number of fused-ring (bicyclic) bond motifs is 1. The van der Waals surface area contributed by atoms with Crippen LogP contribution in [0.4, 0.5) is 0 Å². The lowest BCUT2D eigenvalue weighted by Crippen LogP contribution is -2.50. The van der Waals surface area contributed by atoms with Crippen molar-refractivity contribution in [2.24, 2.45) is 11.8 Å². The third-order valence-corrected chi connectivity index (χ3v) is 13.1. The molecule has 6 atom stereocenters. The Kier molecular flexibility index (Phi) is 11.5. The lowest BCUT2D eigenvalue weighted by atomic mass is 9.79. The van der Waals surface area contributed by atoms with Gasteiger partial charge < -0.3 is 15.4 Å². The number of unbranched alkanes of at least 4 members (excludes halogenated alkanes) is 2. The number of hydrogen-bond donors (Lipinski definition) is 2. The molecule has 0 radical (unpaired) electrons. The Balaban J connectivity index is 1.18. The molecule has 0 bridgehead atoms. The maximum absolute atomic E-state index is 13.6. The number of ether oxygens (including phenoxy) is 1. The number of amides is 3. The highest BCUT2D eigenvalue weighted by molar-refractivity contribution is 8.80. The van der Waals surface area contributed by atoms with Crippen molar-refractivity contribution in [2.75, 3.05) is 13.1 Å². The summed E-state index contributed by atoms with van der Waals surface area (Å²) in [5, 5.41) is 6.91. The summed E-state index contributed by atoms with van der Waals surface area (Å²) in [6, 6.07) is -0.375. The predicted octanol–water partition coefficient (Wildman–Crippen LogP) is 4.09. The average Bonchev–Trinajstić information content (AvgIpc) is 3.52. The van der Waals surface area contributed by atoms with Crippen LogP contribution in [0.2, 0.25) is 0 Å². The van der Waals surface area contributed by atoms with Gasteiger partial charge in [0, 0.05) is 47.6 Å². The van der Waals surface area contributed by atoms with Gasteiger partial charge in [-0.15, -0.1) is 0 Å². The van der Waals surface area contributed by atoms with Gasteiger partial charge in [-0.3, -0.25) is 28.9 Å². The molecule has 0 spiro atoms. The highest BCUT2D eigenvalue weighted by Gasteiger charge is 2.49. The number of carbonyl (C=O) groups excluding carboxylic acids is 5. The number of nitrogens with one attached hydrogen (secondary N) is 2. The summed E-state index contributed by atoms with van der Waals surface area (Å²) in [5.74, 6) is -0.958. The Labute approximate surface area is 256 Å². The number of Topliss-reactive ketones (excluding diaryl/α,β-unsaturated/α-hetero) is 1. The fourth-order valence-corrected chi connectivity index (χ4v) is 10.2. The third-order valence-electron chi connectivity index (χ3n) is 9.42. The monoisotopic (exact) mass is 619 g/mol. The van der Waals surface area contributed by atoms with Crippen LogP contribution in [0.25, 0.3) is 0 Å². The van der Waals surface area contributed by atoms with Gasteiger partial charge in [0.1, 0.15) is 6.10 Å². The van der Waals surface area contributed by atoms with Crippen molar-refractivity contribution in [1.82, 2.24) is 15.5 Å². The molecule has 4 fully saturated rings. The van der Waals surface area contributed by atoms with E-state index in [2.05, 4.69) is 10.6 Å². The molecule has 3 heterocycles. The van der Waals surface area contributed by atoms with Gasteiger partial charge in [0.2, 0.25) is 5.91 Å². The molecule has 9 nitrogen and oxygen atoms in total. The van der Waals surface area contributed by atoms with E-state index < -0.39 is 0 Å². The second-order valence-electron chi connectivity index (χ2n) is 12.5. The molecule has 3 amide bonds. The molecule has 232 valence electrons. The van der Waals surface area contributed by atoms with Crippen LogP contribution in [0.5, 0.6) is 0 Å². The second-order valence-corrected chi connectivity index (χ2v) is 15.2. The van der Waals surface area contributed by atoms with Gasteiger partial charge in [-0.2, -0.15) is 0 Å². The van der Waals surface area contributed by atoms with Crippen LogP contribution in [-0.2, 0) is 28.7 Å². The molecule has 42 heavy (non-hydrogen) atoms. The normalized spacial score (nSPS) is 32.0. The van der Waals surface area contributed by atoms with E-state index in [1.54, 1.807) is 21.6 Å². The van der Waals surface area contributed by atoms with Crippen LogP contribution in [0.1, 0.15) is 96.3 Å². The van der Waals surface area contributed by atoms with Crippen molar-refractivity contribution < 1.29 is 28.7 Å². The first-order valence-corrected chi connectivity index (χ1v) is 18.3. The quantitative estimate of drug-likeness (QED) is 0.116. The minimum absolute atomic E-state index is 0.0145. The highest BCUT2D eigenvalue weighted by Crippen LogP contribution is 2.56. The minimum atomic E-state index is -0.292. The smallest absolute Gasteiger partial charge is 0.310 e. The van der Waals surface area contributed by atoms with Gasteiger partial charge in [-0.25, -0.2) is 0 Å². The van der Waals surface area contributed by atoms with E-state index in [-0.39, 0.29) is 70.0 Å². The van der Waals surface area contributed by atoms with Gasteiger partial charge in [0.25, 0.3) is 11.8 Å². The Hall–Kier alpha value is -1.85. The van der Waals surface area contributed by atoms with Crippen LogP contribution in [0.15, 0.2) is 12.2 Å². The second kappa shape index (κ2) is 15.2. The van der Waals surface area contributed by atoms with Gasteiger partial charge in [0.15, 0.2) is 5.78 Å². The number of esters is 1. The fraction of sp³-hybridized carbons (Fsp3) is 0.774. The molecule has 5 unspecified atom stereocenters. The lowest BCUT2D eigenvalue weighted by Gasteiger charge is -2.44. The highest BCUT2D eigenvalue weighted by atomic mass is 33.1. The zero-order chi connectivity index (χ0) is 29.5. The number of ketones is 1. The van der Waals surface area contributed by atoms with Crippen molar-refractivity contribution in [3.63, 3.8) is 0 Å². The Morgan fingerprint density at radius 2 is 1.67 bits per heavy atom.